The van der Waals surface area contributed by atoms with Crippen molar-refractivity contribution in [2.75, 3.05) is 11.9 Å². The van der Waals surface area contributed by atoms with E-state index < -0.39 is 30.1 Å². The molecule has 2 fully saturated rings. The fourth-order valence-corrected chi connectivity index (χ4v) is 3.12. The van der Waals surface area contributed by atoms with Crippen LogP contribution in [-0.4, -0.2) is 66.7 Å². The fourth-order valence-electron chi connectivity index (χ4n) is 3.12. The largest absolute Gasteiger partial charge is 0.394 e. The number of fused-ring (bicyclic) bond motifs is 1. The molecule has 0 aromatic carbocycles. The number of aliphatic hydroxyl groups excluding tert-OH is 2. The zero-order valence-corrected chi connectivity index (χ0v) is 15.5. The highest BCUT2D eigenvalue weighted by Crippen LogP contribution is 2.36. The Bertz CT molecular complexity index is 936. The number of rotatable bonds is 6. The first-order valence-electron chi connectivity index (χ1n) is 9.26. The number of nitrogens with one attached hydrogen (secondary N) is 2. The third-order valence-corrected chi connectivity index (χ3v) is 4.84. The van der Waals surface area contributed by atoms with E-state index >= 15 is 0 Å². The minimum Gasteiger partial charge on any atom is -0.394 e. The topological polar surface area (TPSA) is 152 Å². The van der Waals surface area contributed by atoms with Crippen molar-refractivity contribution in [1.29, 1.82) is 0 Å². The molecule has 2 aromatic heterocycles. The van der Waals surface area contributed by atoms with Crippen LogP contribution in [0.4, 0.5) is 5.95 Å². The molecular weight excluding hydrogens is 370 g/mol. The monoisotopic (exact) mass is 393 g/mol. The summed E-state index contributed by atoms with van der Waals surface area (Å²) in [6.45, 7) is 3.11. The molecule has 11 nitrogen and oxygen atoms in total. The number of ether oxygens (including phenoxy) is 2. The van der Waals surface area contributed by atoms with E-state index in [1.807, 2.05) is 0 Å². The molecule has 1 amide bonds. The summed E-state index contributed by atoms with van der Waals surface area (Å²) in [4.78, 5) is 35.0. The maximum Gasteiger partial charge on any atom is 0.280 e. The lowest BCUT2D eigenvalue weighted by molar-refractivity contribution is -0.118. The van der Waals surface area contributed by atoms with Crippen molar-refractivity contribution in [2.24, 2.45) is 5.92 Å². The summed E-state index contributed by atoms with van der Waals surface area (Å²) < 4.78 is 13.0. The standard InChI is InChI=1S/C17H23N5O6/c1-7(2)14(25)20-17-19-13-10(15(26)21-17)18-6-22(13)16-11(24)12(9(5-23)28-16)27-8-3-4-8/h6-9,11-12,16,23-24H,3-5H2,1-2H3,(H2,19,20,21,25,26)/t9-,11-,12-,16-/m1/s1. The lowest BCUT2D eigenvalue weighted by Gasteiger charge is -2.19. The average Bonchev–Trinajstić information content (AvgIpc) is 3.29. The van der Waals surface area contributed by atoms with Crippen molar-refractivity contribution >= 4 is 23.0 Å². The van der Waals surface area contributed by atoms with Crippen LogP contribution in [0, 0.1) is 5.92 Å². The summed E-state index contributed by atoms with van der Waals surface area (Å²) in [5.41, 5.74) is -0.333. The van der Waals surface area contributed by atoms with Gasteiger partial charge in [-0.2, -0.15) is 4.98 Å². The number of hydrogen-bond acceptors (Lipinski definition) is 8. The van der Waals surface area contributed by atoms with E-state index in [9.17, 15) is 19.8 Å². The fraction of sp³-hybridized carbons (Fsp3) is 0.647. The molecular formula is C17H23N5O6. The number of imidazole rings is 1. The van der Waals surface area contributed by atoms with Gasteiger partial charge in [0.2, 0.25) is 11.9 Å². The molecule has 4 rings (SSSR count). The molecule has 28 heavy (non-hydrogen) atoms. The van der Waals surface area contributed by atoms with Gasteiger partial charge in [-0.05, 0) is 12.8 Å². The molecule has 0 unspecified atom stereocenters. The molecule has 152 valence electrons. The van der Waals surface area contributed by atoms with E-state index in [-0.39, 0.29) is 41.6 Å². The van der Waals surface area contributed by atoms with Crippen molar-refractivity contribution < 1.29 is 24.5 Å². The highest BCUT2D eigenvalue weighted by Gasteiger charge is 2.47. The molecule has 4 atom stereocenters. The van der Waals surface area contributed by atoms with E-state index in [0.29, 0.717) is 0 Å². The van der Waals surface area contributed by atoms with E-state index in [0.717, 1.165) is 12.8 Å². The quantitative estimate of drug-likeness (QED) is 0.513. The molecule has 1 aliphatic carbocycles. The second kappa shape index (κ2) is 7.24. The number of carbonyl (C=O) groups excluding carboxylic acids is 1. The zero-order valence-electron chi connectivity index (χ0n) is 15.5. The van der Waals surface area contributed by atoms with Crippen LogP contribution < -0.4 is 10.9 Å². The maximum atomic E-state index is 12.3. The van der Waals surface area contributed by atoms with Crippen LogP contribution in [0.1, 0.15) is 32.9 Å². The summed E-state index contributed by atoms with van der Waals surface area (Å²) in [6, 6.07) is 0. The van der Waals surface area contributed by atoms with Gasteiger partial charge in [-0.3, -0.25) is 24.5 Å². The van der Waals surface area contributed by atoms with E-state index in [2.05, 4.69) is 20.3 Å². The Hall–Kier alpha value is -2.34. The van der Waals surface area contributed by atoms with Gasteiger partial charge in [0, 0.05) is 5.92 Å². The number of aliphatic hydroxyl groups is 2. The number of aromatic amines is 1. The average molecular weight is 393 g/mol. The molecule has 1 saturated carbocycles. The van der Waals surface area contributed by atoms with Crippen LogP contribution >= 0.6 is 0 Å². The Kier molecular flexibility index (Phi) is 4.91. The molecule has 2 aromatic rings. The first-order valence-corrected chi connectivity index (χ1v) is 9.26. The highest BCUT2D eigenvalue weighted by molar-refractivity contribution is 5.91. The number of nitrogens with zero attached hydrogens (tertiary/aromatic N) is 3. The molecule has 2 aliphatic rings. The van der Waals surface area contributed by atoms with Crippen LogP contribution in [0.2, 0.25) is 0 Å². The molecule has 11 heteroatoms. The first kappa shape index (κ1) is 19.0. The molecule has 0 bridgehead atoms. The summed E-state index contributed by atoms with van der Waals surface area (Å²) in [7, 11) is 0. The predicted molar refractivity (Wildman–Crippen MR) is 96.5 cm³/mol. The number of H-pyrrole nitrogens is 1. The third kappa shape index (κ3) is 3.41. The molecule has 1 aliphatic heterocycles. The summed E-state index contributed by atoms with van der Waals surface area (Å²) in [6.07, 6.45) is -0.190. The van der Waals surface area contributed by atoms with Gasteiger partial charge in [-0.15, -0.1) is 0 Å². The number of hydrogen-bond donors (Lipinski definition) is 4. The van der Waals surface area contributed by atoms with Crippen LogP contribution in [0.15, 0.2) is 11.1 Å². The Morgan fingerprint density at radius 2 is 2.25 bits per heavy atom. The normalized spacial score (nSPS) is 27.6. The van der Waals surface area contributed by atoms with E-state index in [4.69, 9.17) is 9.47 Å². The lowest BCUT2D eigenvalue weighted by atomic mass is 10.1. The lowest BCUT2D eigenvalue weighted by Crippen LogP contribution is -2.36. The van der Waals surface area contributed by atoms with Crippen molar-refractivity contribution in [3.63, 3.8) is 0 Å². The first-order chi connectivity index (χ1) is 13.4. The third-order valence-electron chi connectivity index (χ3n) is 4.84. The summed E-state index contributed by atoms with van der Waals surface area (Å²) >= 11 is 0. The van der Waals surface area contributed by atoms with Gasteiger partial charge in [0.05, 0.1) is 19.0 Å². The van der Waals surface area contributed by atoms with E-state index in [1.165, 1.54) is 10.9 Å². The Morgan fingerprint density at radius 3 is 2.89 bits per heavy atom. The second-order valence-electron chi connectivity index (χ2n) is 7.42. The maximum absolute atomic E-state index is 12.3. The van der Waals surface area contributed by atoms with Crippen molar-refractivity contribution in [3.05, 3.63) is 16.7 Å². The van der Waals surface area contributed by atoms with Crippen molar-refractivity contribution in [3.8, 4) is 0 Å². The van der Waals surface area contributed by atoms with Gasteiger partial charge >= 0.3 is 0 Å². The minimum absolute atomic E-state index is 0.0186. The summed E-state index contributed by atoms with van der Waals surface area (Å²) in [5.74, 6) is -0.615. The Morgan fingerprint density at radius 1 is 1.50 bits per heavy atom. The van der Waals surface area contributed by atoms with Gasteiger partial charge in [-0.25, -0.2) is 4.98 Å². The molecule has 3 heterocycles. The Labute approximate surface area is 159 Å². The predicted octanol–water partition coefficient (Wildman–Crippen LogP) is -0.488. The van der Waals surface area contributed by atoms with Crippen LogP contribution in [0.5, 0.6) is 0 Å². The van der Waals surface area contributed by atoms with E-state index in [1.54, 1.807) is 13.8 Å². The van der Waals surface area contributed by atoms with Crippen molar-refractivity contribution in [2.45, 2.75) is 57.3 Å². The van der Waals surface area contributed by atoms with Gasteiger partial charge in [0.1, 0.15) is 18.3 Å². The number of amides is 1. The van der Waals surface area contributed by atoms with Gasteiger partial charge in [0.25, 0.3) is 5.56 Å². The van der Waals surface area contributed by atoms with Gasteiger partial charge < -0.3 is 19.7 Å². The zero-order chi connectivity index (χ0) is 20.0. The molecule has 0 spiro atoms. The smallest absolute Gasteiger partial charge is 0.280 e. The number of aromatic nitrogens is 4. The van der Waals surface area contributed by atoms with Crippen LogP contribution in [0.3, 0.4) is 0 Å². The second-order valence-corrected chi connectivity index (χ2v) is 7.42. The van der Waals surface area contributed by atoms with Crippen LogP contribution in [-0.2, 0) is 14.3 Å². The van der Waals surface area contributed by atoms with Crippen molar-refractivity contribution in [1.82, 2.24) is 19.5 Å². The SMILES string of the molecule is CC(C)C(=O)Nc1nc2c(ncn2[C@@H]2O[C@H](CO)[C@@H](OC3CC3)[C@H]2O)c(=O)[nH]1. The Balaban J connectivity index is 1.67. The molecule has 1 saturated heterocycles. The van der Waals surface area contributed by atoms with Crippen LogP contribution in [0.25, 0.3) is 11.2 Å². The number of carbonyl (C=O) groups is 1. The molecule has 4 N–H and O–H groups in total. The molecule has 0 radical (unpaired) electrons. The minimum atomic E-state index is -1.08. The highest BCUT2D eigenvalue weighted by atomic mass is 16.6. The summed E-state index contributed by atoms with van der Waals surface area (Å²) in [5, 5.41) is 22.9. The van der Waals surface area contributed by atoms with Gasteiger partial charge in [0.15, 0.2) is 17.4 Å². The van der Waals surface area contributed by atoms with Gasteiger partial charge in [-0.1, -0.05) is 13.8 Å². The number of anilines is 1.